The number of benzene rings is 3. The maximum atomic E-state index is 13.1. The summed E-state index contributed by atoms with van der Waals surface area (Å²) in [7, 11) is 0. The van der Waals surface area contributed by atoms with E-state index in [1.165, 1.54) is 10.9 Å². The molecular formula is C26H20Cl3N9O3. The second-order valence-electron chi connectivity index (χ2n) is 8.36. The lowest BCUT2D eigenvalue weighted by molar-refractivity contribution is 0.0949. The van der Waals surface area contributed by atoms with Gasteiger partial charge in [-0.05, 0) is 52.8 Å². The number of nitrogens with two attached hydrogens (primary N) is 1. The number of carbonyl (C=O) groups is 1. The maximum Gasteiger partial charge on any atom is 0.293 e. The molecule has 41 heavy (non-hydrogen) atoms. The number of nitrogens with one attached hydrogen (secondary N) is 2. The van der Waals surface area contributed by atoms with E-state index in [1.54, 1.807) is 36.4 Å². The number of halogens is 3. The SMILES string of the molecule is Nc1nonc1-n1nnc(C(=O)N/N=C/c2cc(Cl)ccc2OCc2c(Cl)cccc2Cl)c1CNc1ccccc1. The minimum Gasteiger partial charge on any atom is -0.488 e. The highest BCUT2D eigenvalue weighted by Crippen LogP contribution is 2.28. The molecule has 2 heterocycles. The van der Waals surface area contributed by atoms with E-state index in [1.807, 2.05) is 30.3 Å². The highest BCUT2D eigenvalue weighted by atomic mass is 35.5. The van der Waals surface area contributed by atoms with E-state index in [2.05, 4.69) is 41.1 Å². The maximum absolute atomic E-state index is 13.1. The van der Waals surface area contributed by atoms with E-state index in [0.717, 1.165) is 5.69 Å². The number of nitrogens with zero attached hydrogens (tertiary/aromatic N) is 6. The first-order valence-corrected chi connectivity index (χ1v) is 13.0. The van der Waals surface area contributed by atoms with Crippen LogP contribution in [0.4, 0.5) is 11.5 Å². The minimum atomic E-state index is -0.639. The number of ether oxygens (including phenoxy) is 1. The molecule has 0 radical (unpaired) electrons. The summed E-state index contributed by atoms with van der Waals surface area (Å²) in [5.41, 5.74) is 10.5. The zero-order valence-electron chi connectivity index (χ0n) is 21.0. The summed E-state index contributed by atoms with van der Waals surface area (Å²) in [6.45, 7) is 0.251. The molecule has 5 rings (SSSR count). The molecule has 0 fully saturated rings. The van der Waals surface area contributed by atoms with Crippen LogP contribution in [0.2, 0.25) is 15.1 Å². The quantitative estimate of drug-likeness (QED) is 0.143. The molecule has 3 aromatic carbocycles. The van der Waals surface area contributed by atoms with Crippen LogP contribution in [0.1, 0.15) is 27.3 Å². The molecule has 1 amide bonds. The van der Waals surface area contributed by atoms with Crippen LogP contribution in [-0.4, -0.2) is 37.4 Å². The Morgan fingerprint density at radius 1 is 1.05 bits per heavy atom. The number of para-hydroxylation sites is 1. The van der Waals surface area contributed by atoms with E-state index >= 15 is 0 Å². The van der Waals surface area contributed by atoms with Crippen LogP contribution in [0.3, 0.4) is 0 Å². The summed E-state index contributed by atoms with van der Waals surface area (Å²) >= 11 is 18.7. The Labute approximate surface area is 248 Å². The molecule has 4 N–H and O–H groups in total. The fraction of sp³-hybridized carbons (Fsp3) is 0.0769. The fourth-order valence-corrected chi connectivity index (χ4v) is 4.36. The van der Waals surface area contributed by atoms with Crippen LogP contribution in [0, 0.1) is 0 Å². The zero-order valence-corrected chi connectivity index (χ0v) is 23.2. The number of aromatic nitrogens is 5. The van der Waals surface area contributed by atoms with Gasteiger partial charge in [-0.1, -0.05) is 64.3 Å². The van der Waals surface area contributed by atoms with Gasteiger partial charge in [0.25, 0.3) is 5.91 Å². The van der Waals surface area contributed by atoms with Crippen molar-refractivity contribution in [3.63, 3.8) is 0 Å². The monoisotopic (exact) mass is 611 g/mol. The highest BCUT2D eigenvalue weighted by molar-refractivity contribution is 6.36. The van der Waals surface area contributed by atoms with Crippen molar-refractivity contribution in [2.75, 3.05) is 11.1 Å². The lowest BCUT2D eigenvalue weighted by Crippen LogP contribution is -2.21. The fourth-order valence-electron chi connectivity index (χ4n) is 3.67. The molecule has 0 unspecified atom stereocenters. The molecule has 12 nitrogen and oxygen atoms in total. The van der Waals surface area contributed by atoms with E-state index < -0.39 is 5.91 Å². The highest BCUT2D eigenvalue weighted by Gasteiger charge is 2.24. The number of amides is 1. The van der Waals surface area contributed by atoms with Crippen molar-refractivity contribution in [2.45, 2.75) is 13.2 Å². The first-order valence-electron chi connectivity index (χ1n) is 11.9. The Balaban J connectivity index is 1.34. The van der Waals surface area contributed by atoms with Crippen LogP contribution < -0.4 is 21.2 Å². The zero-order chi connectivity index (χ0) is 28.8. The number of nitrogen functional groups attached to an aromatic ring is 1. The van der Waals surface area contributed by atoms with Crippen LogP contribution in [-0.2, 0) is 13.2 Å². The van der Waals surface area contributed by atoms with Gasteiger partial charge in [-0.25, -0.2) is 10.1 Å². The number of rotatable bonds is 10. The molecule has 0 aliphatic heterocycles. The van der Waals surface area contributed by atoms with Crippen molar-refractivity contribution in [3.05, 3.63) is 104 Å². The van der Waals surface area contributed by atoms with Gasteiger partial charge in [0.05, 0.1) is 18.5 Å². The molecule has 0 bridgehead atoms. The first-order chi connectivity index (χ1) is 19.9. The molecule has 5 aromatic rings. The summed E-state index contributed by atoms with van der Waals surface area (Å²) in [6.07, 6.45) is 1.39. The van der Waals surface area contributed by atoms with Gasteiger partial charge in [0.1, 0.15) is 12.4 Å². The minimum absolute atomic E-state index is 0.0209. The Kier molecular flexibility index (Phi) is 8.63. The van der Waals surface area contributed by atoms with Gasteiger partial charge in [0.15, 0.2) is 5.69 Å². The summed E-state index contributed by atoms with van der Waals surface area (Å²) in [4.78, 5) is 13.1. The molecule has 0 saturated carbocycles. The van der Waals surface area contributed by atoms with Gasteiger partial charge in [0.2, 0.25) is 11.6 Å². The molecule has 0 saturated heterocycles. The Morgan fingerprint density at radius 2 is 1.83 bits per heavy atom. The summed E-state index contributed by atoms with van der Waals surface area (Å²) in [6, 6.07) is 19.5. The Morgan fingerprint density at radius 3 is 2.56 bits per heavy atom. The van der Waals surface area contributed by atoms with E-state index in [-0.39, 0.29) is 30.5 Å². The number of anilines is 2. The molecule has 15 heteroatoms. The molecule has 0 aliphatic carbocycles. The van der Waals surface area contributed by atoms with Crippen LogP contribution in [0.25, 0.3) is 5.82 Å². The molecule has 0 aliphatic rings. The molecule has 0 atom stereocenters. The molecule has 0 spiro atoms. The van der Waals surface area contributed by atoms with E-state index in [4.69, 9.17) is 45.3 Å². The van der Waals surface area contributed by atoms with Gasteiger partial charge in [0, 0.05) is 31.9 Å². The van der Waals surface area contributed by atoms with Gasteiger partial charge < -0.3 is 15.8 Å². The summed E-state index contributed by atoms with van der Waals surface area (Å²) in [5, 5.41) is 24.0. The third kappa shape index (κ3) is 6.57. The third-order valence-electron chi connectivity index (χ3n) is 5.68. The third-order valence-corrected chi connectivity index (χ3v) is 6.63. The van der Waals surface area contributed by atoms with E-state index in [9.17, 15) is 4.79 Å². The van der Waals surface area contributed by atoms with Crippen molar-refractivity contribution < 1.29 is 14.2 Å². The Hall–Kier alpha value is -4.65. The average Bonchev–Trinajstić information content (AvgIpc) is 3.58. The van der Waals surface area contributed by atoms with Crippen LogP contribution >= 0.6 is 34.8 Å². The number of hydrogen-bond acceptors (Lipinski definition) is 10. The van der Waals surface area contributed by atoms with Crippen LogP contribution in [0.5, 0.6) is 5.75 Å². The van der Waals surface area contributed by atoms with Crippen molar-refractivity contribution in [2.24, 2.45) is 5.10 Å². The lowest BCUT2D eigenvalue weighted by atomic mass is 10.2. The van der Waals surface area contributed by atoms with Gasteiger partial charge >= 0.3 is 0 Å². The Bertz CT molecular complexity index is 1690. The largest absolute Gasteiger partial charge is 0.488 e. The van der Waals surface area contributed by atoms with Crippen molar-refractivity contribution >= 4 is 58.4 Å². The number of carbonyl (C=O) groups excluding carboxylic acids is 1. The molecule has 2 aromatic heterocycles. The number of hydrazone groups is 1. The first kappa shape index (κ1) is 27.9. The predicted octanol–water partition coefficient (Wildman–Crippen LogP) is 5.15. The van der Waals surface area contributed by atoms with Crippen molar-refractivity contribution in [3.8, 4) is 11.6 Å². The molecular weight excluding hydrogens is 593 g/mol. The van der Waals surface area contributed by atoms with Crippen LogP contribution in [0.15, 0.2) is 76.5 Å². The van der Waals surface area contributed by atoms with E-state index in [0.29, 0.717) is 37.6 Å². The summed E-state index contributed by atoms with van der Waals surface area (Å²) in [5.74, 6) is -0.132. The molecule has 208 valence electrons. The summed E-state index contributed by atoms with van der Waals surface area (Å²) < 4.78 is 11.9. The topological polar surface area (TPSA) is 158 Å². The standard InChI is InChI=1S/C26H20Cl3N9O3/c27-16-9-10-22(40-14-18-19(28)7-4-8-20(18)29)15(11-16)12-32-34-26(39)23-21(13-31-17-5-2-1-3-6-17)38(37-33-23)25-24(30)35-41-36-25/h1-12,31H,13-14H2,(H2,30,35)(H,34,39)/b32-12+. The second-order valence-corrected chi connectivity index (χ2v) is 9.61. The van der Waals surface area contributed by atoms with Gasteiger partial charge in [-0.2, -0.15) is 9.78 Å². The number of hydrogen-bond donors (Lipinski definition) is 3. The van der Waals surface area contributed by atoms with Gasteiger partial charge in [-0.15, -0.1) is 5.10 Å². The van der Waals surface area contributed by atoms with Crippen molar-refractivity contribution in [1.29, 1.82) is 0 Å². The predicted molar refractivity (Wildman–Crippen MR) is 155 cm³/mol. The van der Waals surface area contributed by atoms with Gasteiger partial charge in [-0.3, -0.25) is 4.79 Å². The average molecular weight is 613 g/mol. The van der Waals surface area contributed by atoms with Crippen molar-refractivity contribution in [1.82, 2.24) is 30.7 Å². The lowest BCUT2D eigenvalue weighted by Gasteiger charge is -2.12. The second kappa shape index (κ2) is 12.7. The smallest absolute Gasteiger partial charge is 0.293 e. The normalized spacial score (nSPS) is 11.1.